The Morgan fingerprint density at radius 2 is 1.86 bits per heavy atom. The van der Waals surface area contributed by atoms with Crippen LogP contribution in [0.3, 0.4) is 0 Å². The second-order valence-corrected chi connectivity index (χ2v) is 8.42. The number of benzene rings is 1. The molecule has 1 aromatic rings. The van der Waals surface area contributed by atoms with E-state index in [0.717, 1.165) is 13.1 Å². The Labute approximate surface area is 142 Å². The number of piperazine rings is 1. The summed E-state index contributed by atoms with van der Waals surface area (Å²) < 4.78 is 1.32. The summed E-state index contributed by atoms with van der Waals surface area (Å²) >= 11 is 2.38. The van der Waals surface area contributed by atoms with Crippen molar-refractivity contribution in [1.29, 1.82) is 0 Å². The average Bonchev–Trinajstić information content (AvgIpc) is 2.94. The molecule has 2 fully saturated rings. The normalized spacial score (nSPS) is 29.1. The van der Waals surface area contributed by atoms with Crippen molar-refractivity contribution in [2.24, 2.45) is 0 Å². The molecule has 3 rings (SSSR count). The first kappa shape index (κ1) is 15.8. The van der Waals surface area contributed by atoms with Crippen molar-refractivity contribution in [3.8, 4) is 0 Å². The molecule has 2 aliphatic rings. The van der Waals surface area contributed by atoms with E-state index in [0.29, 0.717) is 5.54 Å². The predicted molar refractivity (Wildman–Crippen MR) is 97.5 cm³/mol. The van der Waals surface area contributed by atoms with Gasteiger partial charge in [0.15, 0.2) is 0 Å². The molecule has 0 amide bonds. The molecule has 1 heterocycles. The highest BCUT2D eigenvalue weighted by Crippen LogP contribution is 2.37. The maximum absolute atomic E-state index is 3.92. The Bertz CT molecular complexity index is 478. The first-order chi connectivity index (χ1) is 10.1. The summed E-state index contributed by atoms with van der Waals surface area (Å²) in [5.41, 5.74) is 2.14. The van der Waals surface area contributed by atoms with Crippen LogP contribution in [0.4, 0.5) is 0 Å². The lowest BCUT2D eigenvalue weighted by Gasteiger charge is -2.52. The Morgan fingerprint density at radius 3 is 2.48 bits per heavy atom. The molecule has 0 aromatic heterocycles. The maximum Gasteiger partial charge on any atom is 0.0309 e. The van der Waals surface area contributed by atoms with E-state index in [1.807, 2.05) is 0 Å². The van der Waals surface area contributed by atoms with Gasteiger partial charge in [-0.1, -0.05) is 31.9 Å². The van der Waals surface area contributed by atoms with Crippen molar-refractivity contribution in [2.45, 2.75) is 63.6 Å². The minimum atomic E-state index is 0.289. The Hall–Kier alpha value is -0.130. The van der Waals surface area contributed by atoms with Crippen LogP contribution in [0.15, 0.2) is 24.3 Å². The lowest BCUT2D eigenvalue weighted by molar-refractivity contribution is 0.00778. The lowest BCUT2D eigenvalue weighted by Crippen LogP contribution is -2.67. The molecule has 1 atom stereocenters. The van der Waals surface area contributed by atoms with Gasteiger partial charge in [-0.15, -0.1) is 0 Å². The summed E-state index contributed by atoms with van der Waals surface area (Å²) in [7, 11) is 0. The van der Waals surface area contributed by atoms with E-state index >= 15 is 0 Å². The molecular formula is C18H27IN2. The minimum Gasteiger partial charge on any atom is -0.308 e. The summed E-state index contributed by atoms with van der Waals surface area (Å²) in [6, 6.07) is 9.04. The van der Waals surface area contributed by atoms with Crippen LogP contribution >= 0.6 is 22.6 Å². The number of nitrogens with zero attached hydrogens (tertiary/aromatic N) is 1. The van der Waals surface area contributed by atoms with Crippen LogP contribution in [-0.2, 0) is 6.54 Å². The van der Waals surface area contributed by atoms with Crippen LogP contribution in [0.5, 0.6) is 0 Å². The molecular weight excluding hydrogens is 371 g/mol. The largest absolute Gasteiger partial charge is 0.308 e. The van der Waals surface area contributed by atoms with Crippen LogP contribution in [0, 0.1) is 3.57 Å². The van der Waals surface area contributed by atoms with Crippen molar-refractivity contribution >= 4 is 22.6 Å². The third kappa shape index (κ3) is 3.30. The third-order valence-electron chi connectivity index (χ3n) is 5.71. The molecule has 1 aromatic carbocycles. The molecule has 1 unspecified atom stereocenters. The van der Waals surface area contributed by atoms with Gasteiger partial charge in [0.1, 0.15) is 0 Å². The maximum atomic E-state index is 3.92. The zero-order valence-electron chi connectivity index (χ0n) is 13.3. The molecule has 1 aliphatic heterocycles. The first-order valence-corrected chi connectivity index (χ1v) is 9.38. The molecule has 1 spiro atoms. The second kappa shape index (κ2) is 6.17. The van der Waals surface area contributed by atoms with Crippen molar-refractivity contribution < 1.29 is 0 Å². The number of hydrogen-bond donors (Lipinski definition) is 1. The van der Waals surface area contributed by atoms with Gasteiger partial charge < -0.3 is 5.32 Å². The molecule has 0 radical (unpaired) electrons. The molecule has 1 saturated heterocycles. The average molecular weight is 398 g/mol. The van der Waals surface area contributed by atoms with Crippen LogP contribution in [0.2, 0.25) is 0 Å². The quantitative estimate of drug-likeness (QED) is 0.769. The van der Waals surface area contributed by atoms with Crippen molar-refractivity contribution in [1.82, 2.24) is 10.2 Å². The molecule has 0 bridgehead atoms. The van der Waals surface area contributed by atoms with Crippen LogP contribution < -0.4 is 5.32 Å². The number of hydrogen-bond acceptors (Lipinski definition) is 2. The number of rotatable bonds is 3. The van der Waals surface area contributed by atoms with Gasteiger partial charge in [0.05, 0.1) is 0 Å². The smallest absolute Gasteiger partial charge is 0.0309 e. The zero-order chi connectivity index (χ0) is 14.9. The summed E-state index contributed by atoms with van der Waals surface area (Å²) in [4.78, 5) is 2.75. The predicted octanol–water partition coefficient (Wildman–Crippen LogP) is 4.18. The van der Waals surface area contributed by atoms with Gasteiger partial charge in [0, 0.05) is 34.3 Å². The van der Waals surface area contributed by atoms with Gasteiger partial charge in [0.25, 0.3) is 0 Å². The van der Waals surface area contributed by atoms with Gasteiger partial charge in [-0.05, 0) is 66.5 Å². The monoisotopic (exact) mass is 398 g/mol. The lowest BCUT2D eigenvalue weighted by atomic mass is 9.84. The molecule has 1 saturated carbocycles. The fourth-order valence-electron chi connectivity index (χ4n) is 3.89. The number of halogens is 1. The highest BCUT2D eigenvalue weighted by Gasteiger charge is 2.45. The topological polar surface area (TPSA) is 15.3 Å². The Kier molecular flexibility index (Phi) is 4.63. The Balaban J connectivity index is 1.79. The van der Waals surface area contributed by atoms with Gasteiger partial charge >= 0.3 is 0 Å². The fourth-order valence-corrected chi connectivity index (χ4v) is 4.25. The van der Waals surface area contributed by atoms with E-state index in [-0.39, 0.29) is 5.54 Å². The fraction of sp³-hybridized carbons (Fsp3) is 0.667. The van der Waals surface area contributed by atoms with Gasteiger partial charge in [-0.25, -0.2) is 0 Å². The van der Waals surface area contributed by atoms with E-state index in [2.05, 4.69) is 70.9 Å². The van der Waals surface area contributed by atoms with Gasteiger partial charge in [-0.3, -0.25) is 4.90 Å². The van der Waals surface area contributed by atoms with Crippen LogP contribution in [0.1, 0.15) is 51.5 Å². The summed E-state index contributed by atoms with van der Waals surface area (Å²) in [5.74, 6) is 0. The summed E-state index contributed by atoms with van der Waals surface area (Å²) in [6.07, 6.45) is 6.72. The van der Waals surface area contributed by atoms with E-state index in [9.17, 15) is 0 Å². The first-order valence-electron chi connectivity index (χ1n) is 8.30. The molecule has 21 heavy (non-hydrogen) atoms. The third-order valence-corrected chi connectivity index (χ3v) is 6.43. The SMILES string of the molecule is CCC1(C)CNC2(CCCC2)CN1Cc1ccc(I)cc1. The molecule has 2 nitrogen and oxygen atoms in total. The van der Waals surface area contributed by atoms with Crippen molar-refractivity contribution in [3.05, 3.63) is 33.4 Å². The number of nitrogens with one attached hydrogen (secondary N) is 1. The zero-order valence-corrected chi connectivity index (χ0v) is 15.4. The van der Waals surface area contributed by atoms with E-state index in [4.69, 9.17) is 0 Å². The van der Waals surface area contributed by atoms with E-state index < -0.39 is 0 Å². The van der Waals surface area contributed by atoms with Gasteiger partial charge in [0.2, 0.25) is 0 Å². The van der Waals surface area contributed by atoms with Crippen molar-refractivity contribution in [2.75, 3.05) is 13.1 Å². The standard InChI is InChI=1S/C18H27IN2/c1-3-17(2)13-20-18(10-4-5-11-18)14-21(17)12-15-6-8-16(19)9-7-15/h6-9,20H,3-5,10-14H2,1-2H3. The highest BCUT2D eigenvalue weighted by molar-refractivity contribution is 14.1. The molecule has 116 valence electrons. The van der Waals surface area contributed by atoms with E-state index in [1.54, 1.807) is 0 Å². The summed E-state index contributed by atoms with van der Waals surface area (Å²) in [6.45, 7) is 8.19. The Morgan fingerprint density at radius 1 is 1.19 bits per heavy atom. The molecule has 1 N–H and O–H groups in total. The second-order valence-electron chi connectivity index (χ2n) is 7.17. The highest BCUT2D eigenvalue weighted by atomic mass is 127. The van der Waals surface area contributed by atoms with E-state index in [1.165, 1.54) is 47.8 Å². The van der Waals surface area contributed by atoms with Crippen molar-refractivity contribution in [3.63, 3.8) is 0 Å². The van der Waals surface area contributed by atoms with Gasteiger partial charge in [-0.2, -0.15) is 0 Å². The molecule has 3 heteroatoms. The summed E-state index contributed by atoms with van der Waals surface area (Å²) in [5, 5.41) is 3.92. The molecule has 1 aliphatic carbocycles. The van der Waals surface area contributed by atoms with Crippen LogP contribution in [-0.4, -0.2) is 29.1 Å². The minimum absolute atomic E-state index is 0.289. The van der Waals surface area contributed by atoms with Crippen LogP contribution in [0.25, 0.3) is 0 Å².